The van der Waals surface area contributed by atoms with Gasteiger partial charge < -0.3 is 10.1 Å². The van der Waals surface area contributed by atoms with Crippen LogP contribution in [0.3, 0.4) is 0 Å². The highest BCUT2D eigenvalue weighted by Gasteiger charge is 2.41. The number of urea groups is 1. The average Bonchev–Trinajstić information content (AvgIpc) is 2.98. The summed E-state index contributed by atoms with van der Waals surface area (Å²) in [6.07, 6.45) is 0. The molecule has 3 rings (SSSR count). The number of halogens is 2. The van der Waals surface area contributed by atoms with Crippen molar-refractivity contribution in [2.24, 2.45) is 0 Å². The fourth-order valence-electron chi connectivity index (χ4n) is 2.71. The number of hydrogen-bond donors (Lipinski definition) is 1. The highest BCUT2D eigenvalue weighted by atomic mass is 35.5. The van der Waals surface area contributed by atoms with Crippen LogP contribution in [0.1, 0.15) is 17.3 Å². The fraction of sp³-hybridized carbons (Fsp3) is 0.100. The van der Waals surface area contributed by atoms with Crippen molar-refractivity contribution >= 4 is 52.6 Å². The van der Waals surface area contributed by atoms with Crippen LogP contribution in [0.25, 0.3) is 0 Å². The molecule has 148 valence electrons. The van der Waals surface area contributed by atoms with Crippen LogP contribution in [0.5, 0.6) is 0 Å². The molecule has 0 saturated carbocycles. The van der Waals surface area contributed by atoms with Gasteiger partial charge in [-0.3, -0.25) is 9.59 Å². The summed E-state index contributed by atoms with van der Waals surface area (Å²) in [6, 6.07) is 11.2. The quantitative estimate of drug-likeness (QED) is 0.194. The van der Waals surface area contributed by atoms with Gasteiger partial charge in [-0.1, -0.05) is 53.5 Å². The van der Waals surface area contributed by atoms with E-state index in [0.717, 1.165) is 0 Å². The van der Waals surface area contributed by atoms with Gasteiger partial charge in [0.2, 0.25) is 5.78 Å². The molecule has 0 spiro atoms. The molecule has 1 N–H and O–H groups in total. The number of nitrogens with one attached hydrogen (secondary N) is 1. The molecule has 1 aliphatic rings. The summed E-state index contributed by atoms with van der Waals surface area (Å²) in [4.78, 5) is 51.6. The minimum atomic E-state index is -1.02. The molecule has 7 nitrogen and oxygen atoms in total. The number of rotatable bonds is 5. The van der Waals surface area contributed by atoms with E-state index in [4.69, 9.17) is 27.9 Å². The van der Waals surface area contributed by atoms with Crippen LogP contribution in [0.2, 0.25) is 10.0 Å². The maximum absolute atomic E-state index is 13.0. The monoisotopic (exact) mass is 432 g/mol. The maximum Gasteiger partial charge on any atom is 0.344 e. The Kier molecular flexibility index (Phi) is 6.00. The predicted octanol–water partition coefficient (Wildman–Crippen LogP) is 3.75. The lowest BCUT2D eigenvalue weighted by Crippen LogP contribution is -2.30. The lowest BCUT2D eigenvalue weighted by atomic mass is 10.0. The number of benzene rings is 2. The van der Waals surface area contributed by atoms with Crippen LogP contribution in [-0.2, 0) is 14.3 Å². The van der Waals surface area contributed by atoms with Gasteiger partial charge in [-0.05, 0) is 25.1 Å². The summed E-state index contributed by atoms with van der Waals surface area (Å²) in [7, 11) is 0. The zero-order chi connectivity index (χ0) is 21.1. The number of amides is 3. The number of nitrogens with zero attached hydrogens (tertiary/aromatic N) is 1. The van der Waals surface area contributed by atoms with Gasteiger partial charge in [0.05, 0.1) is 17.3 Å². The number of ether oxygens (including phenoxy) is 1. The summed E-state index contributed by atoms with van der Waals surface area (Å²) in [5.41, 5.74) is -0.883. The topological polar surface area (TPSA) is 92.8 Å². The number of Topliss-reactive ketones (excluding diaryl/α,β-unsaturated/α-hetero) is 1. The molecular formula is C20H14Cl2N2O5. The molecule has 1 heterocycles. The first-order valence-corrected chi connectivity index (χ1v) is 9.22. The van der Waals surface area contributed by atoms with Crippen molar-refractivity contribution < 1.29 is 23.9 Å². The fourth-order valence-corrected chi connectivity index (χ4v) is 3.08. The van der Waals surface area contributed by atoms with Gasteiger partial charge >= 0.3 is 12.0 Å². The number of hydrogen-bond acceptors (Lipinski definition) is 5. The van der Waals surface area contributed by atoms with Crippen molar-refractivity contribution in [3.05, 3.63) is 75.4 Å². The normalized spacial score (nSPS) is 15.2. The first-order valence-electron chi connectivity index (χ1n) is 8.46. The molecule has 0 bridgehead atoms. The van der Waals surface area contributed by atoms with E-state index in [0.29, 0.717) is 4.90 Å². The van der Waals surface area contributed by atoms with Crippen LogP contribution >= 0.6 is 23.2 Å². The van der Waals surface area contributed by atoms with Gasteiger partial charge in [0.1, 0.15) is 11.3 Å². The SMILES string of the molecule is CCOC(=O)C(C(=O)c1ccccc1)=C1NC(=O)N(c2cc(Cl)ccc2Cl)C1=O. The van der Waals surface area contributed by atoms with Crippen molar-refractivity contribution in [2.45, 2.75) is 6.92 Å². The molecule has 2 aromatic rings. The Hall–Kier alpha value is -3.16. The molecule has 1 fully saturated rings. The highest BCUT2D eigenvalue weighted by molar-refractivity contribution is 6.40. The Balaban J connectivity index is 2.13. The third kappa shape index (κ3) is 4.01. The molecule has 0 aromatic heterocycles. The van der Waals surface area contributed by atoms with Crippen LogP contribution in [-0.4, -0.2) is 30.3 Å². The molecule has 3 amide bonds. The van der Waals surface area contributed by atoms with E-state index >= 15 is 0 Å². The minimum Gasteiger partial charge on any atom is -0.462 e. The van der Waals surface area contributed by atoms with E-state index in [1.54, 1.807) is 25.1 Å². The zero-order valence-corrected chi connectivity index (χ0v) is 16.6. The van der Waals surface area contributed by atoms with Crippen LogP contribution in [0.4, 0.5) is 10.5 Å². The molecule has 9 heteroatoms. The molecule has 0 atom stereocenters. The van der Waals surface area contributed by atoms with Gasteiger partial charge in [0.15, 0.2) is 0 Å². The molecular weight excluding hydrogens is 419 g/mol. The Bertz CT molecular complexity index is 1050. The van der Waals surface area contributed by atoms with Crippen LogP contribution in [0, 0.1) is 0 Å². The highest BCUT2D eigenvalue weighted by Crippen LogP contribution is 2.32. The summed E-state index contributed by atoms with van der Waals surface area (Å²) >= 11 is 12.0. The van der Waals surface area contributed by atoms with Gasteiger partial charge in [-0.15, -0.1) is 0 Å². The number of anilines is 1. The number of ketones is 1. The second kappa shape index (κ2) is 8.46. The predicted molar refractivity (Wildman–Crippen MR) is 107 cm³/mol. The number of imide groups is 1. The van der Waals surface area contributed by atoms with Gasteiger partial charge in [-0.2, -0.15) is 0 Å². The molecule has 1 saturated heterocycles. The van der Waals surface area contributed by atoms with Crippen molar-refractivity contribution in [2.75, 3.05) is 11.5 Å². The number of carbonyl (C=O) groups excluding carboxylic acids is 4. The molecule has 29 heavy (non-hydrogen) atoms. The molecule has 0 unspecified atom stereocenters. The molecule has 0 radical (unpaired) electrons. The molecule has 0 aliphatic carbocycles. The average molecular weight is 433 g/mol. The van der Waals surface area contributed by atoms with Gasteiger partial charge in [0.25, 0.3) is 5.91 Å². The lowest BCUT2D eigenvalue weighted by molar-refractivity contribution is -0.138. The van der Waals surface area contributed by atoms with E-state index in [1.807, 2.05) is 0 Å². The second-order valence-corrected chi connectivity index (χ2v) is 6.68. The van der Waals surface area contributed by atoms with E-state index in [2.05, 4.69) is 5.32 Å². The summed E-state index contributed by atoms with van der Waals surface area (Å²) < 4.78 is 4.94. The Morgan fingerprint density at radius 2 is 1.76 bits per heavy atom. The maximum atomic E-state index is 13.0. The summed E-state index contributed by atoms with van der Waals surface area (Å²) in [6.45, 7) is 1.53. The standard InChI is InChI=1S/C20H14Cl2N2O5/c1-2-29-19(27)15(17(25)11-6-4-3-5-7-11)16-18(26)24(20(28)23-16)14-10-12(21)8-9-13(14)22/h3-10H,2H2,1H3,(H,23,28). The van der Waals surface area contributed by atoms with E-state index < -0.39 is 35.0 Å². The van der Waals surface area contributed by atoms with Gasteiger partial charge in [0, 0.05) is 10.6 Å². The van der Waals surface area contributed by atoms with E-state index in [9.17, 15) is 19.2 Å². The van der Waals surface area contributed by atoms with Crippen LogP contribution < -0.4 is 10.2 Å². The Labute approximate surface area is 175 Å². The summed E-state index contributed by atoms with van der Waals surface area (Å²) in [5, 5.41) is 2.62. The first kappa shape index (κ1) is 20.6. The van der Waals surface area contributed by atoms with Crippen molar-refractivity contribution in [1.82, 2.24) is 5.32 Å². The molecule has 2 aromatic carbocycles. The minimum absolute atomic E-state index is 0.0204. The first-order chi connectivity index (χ1) is 13.8. The lowest BCUT2D eigenvalue weighted by Gasteiger charge is -2.14. The van der Waals surface area contributed by atoms with Crippen molar-refractivity contribution in [1.29, 1.82) is 0 Å². The van der Waals surface area contributed by atoms with Crippen molar-refractivity contribution in [3.63, 3.8) is 0 Å². The summed E-state index contributed by atoms with van der Waals surface area (Å²) in [5.74, 6) is -2.71. The van der Waals surface area contributed by atoms with Crippen molar-refractivity contribution in [3.8, 4) is 0 Å². The zero-order valence-electron chi connectivity index (χ0n) is 15.1. The van der Waals surface area contributed by atoms with Crippen LogP contribution in [0.15, 0.2) is 59.8 Å². The second-order valence-electron chi connectivity index (χ2n) is 5.83. The molecule has 1 aliphatic heterocycles. The Morgan fingerprint density at radius 3 is 2.41 bits per heavy atom. The third-order valence-electron chi connectivity index (χ3n) is 3.99. The smallest absolute Gasteiger partial charge is 0.344 e. The van der Waals surface area contributed by atoms with E-state index in [1.165, 1.54) is 30.3 Å². The number of carbonyl (C=O) groups is 4. The third-order valence-corrected chi connectivity index (χ3v) is 4.55. The van der Waals surface area contributed by atoms with E-state index in [-0.39, 0.29) is 27.9 Å². The largest absolute Gasteiger partial charge is 0.462 e. The van der Waals surface area contributed by atoms with Gasteiger partial charge in [-0.25, -0.2) is 14.5 Å². The number of esters is 1. The Morgan fingerprint density at radius 1 is 1.07 bits per heavy atom.